The first-order valence-electron chi connectivity index (χ1n) is 11.8. The minimum atomic E-state index is -1.33. The third-order valence-electron chi connectivity index (χ3n) is 6.03. The Balaban J connectivity index is 1.47. The molecule has 0 aliphatic carbocycles. The summed E-state index contributed by atoms with van der Waals surface area (Å²) in [6.45, 7) is 0. The Morgan fingerprint density at radius 1 is 1.12 bits per heavy atom. The fourth-order valence-corrected chi connectivity index (χ4v) is 4.26. The van der Waals surface area contributed by atoms with Crippen molar-refractivity contribution >= 4 is 29.2 Å². The zero-order valence-corrected chi connectivity index (χ0v) is 21.4. The number of amides is 2. The number of rotatable bonds is 6. The van der Waals surface area contributed by atoms with Crippen LogP contribution in [-0.4, -0.2) is 46.0 Å². The zero-order chi connectivity index (χ0) is 28.4. The van der Waals surface area contributed by atoms with Crippen molar-refractivity contribution in [2.24, 2.45) is 0 Å². The van der Waals surface area contributed by atoms with Crippen LogP contribution in [0.2, 0.25) is 5.02 Å². The van der Waals surface area contributed by atoms with Crippen LogP contribution in [0, 0.1) is 17.5 Å². The molecule has 2 N–H and O–H groups in total. The number of ether oxygens (including phenoxy) is 2. The third kappa shape index (κ3) is 5.52. The maximum atomic E-state index is 14.4. The topological polar surface area (TPSA) is 115 Å². The van der Waals surface area contributed by atoms with Crippen molar-refractivity contribution < 1.29 is 32.2 Å². The molecule has 9 nitrogen and oxygen atoms in total. The Hall–Kier alpha value is -4.71. The molecule has 13 heteroatoms. The molecule has 5 rings (SSSR count). The van der Waals surface area contributed by atoms with E-state index in [9.17, 15) is 22.8 Å². The van der Waals surface area contributed by atoms with Crippen LogP contribution in [0.25, 0.3) is 11.3 Å². The molecule has 2 amide bonds. The number of methoxy groups -OCH3 is 1. The highest BCUT2D eigenvalue weighted by Crippen LogP contribution is 2.30. The number of halogens is 4. The lowest BCUT2D eigenvalue weighted by Crippen LogP contribution is -2.53. The van der Waals surface area contributed by atoms with E-state index in [0.29, 0.717) is 5.75 Å². The van der Waals surface area contributed by atoms with Crippen LogP contribution in [0.1, 0.15) is 16.2 Å². The van der Waals surface area contributed by atoms with Crippen LogP contribution in [0.3, 0.4) is 0 Å². The summed E-state index contributed by atoms with van der Waals surface area (Å²) in [6.07, 6.45) is 1.05. The number of benzene rings is 2. The van der Waals surface area contributed by atoms with Crippen LogP contribution in [-0.2, 0) is 11.2 Å². The lowest BCUT2D eigenvalue weighted by Gasteiger charge is -2.25. The van der Waals surface area contributed by atoms with Crippen LogP contribution in [0.15, 0.2) is 60.9 Å². The zero-order valence-electron chi connectivity index (χ0n) is 20.6. The van der Waals surface area contributed by atoms with Crippen LogP contribution < -0.4 is 20.1 Å². The predicted molar refractivity (Wildman–Crippen MR) is 138 cm³/mol. The number of aromatic nitrogens is 3. The predicted octanol–water partition coefficient (Wildman–Crippen LogP) is 4.36. The molecule has 4 aromatic rings. The molecule has 0 saturated carbocycles. The first-order chi connectivity index (χ1) is 19.2. The van der Waals surface area contributed by atoms with E-state index >= 15 is 0 Å². The summed E-state index contributed by atoms with van der Waals surface area (Å²) >= 11 is 6.12. The molecule has 0 radical (unpaired) electrons. The monoisotopic (exact) mass is 569 g/mol. The summed E-state index contributed by atoms with van der Waals surface area (Å²) in [6, 6.07) is 10.1. The van der Waals surface area contributed by atoms with E-state index in [1.807, 2.05) is 0 Å². The summed E-state index contributed by atoms with van der Waals surface area (Å²) in [5, 5.41) is 4.93. The van der Waals surface area contributed by atoms with Crippen molar-refractivity contribution in [1.82, 2.24) is 20.3 Å². The van der Waals surface area contributed by atoms with Gasteiger partial charge in [0, 0.05) is 18.1 Å². The van der Waals surface area contributed by atoms with Crippen LogP contribution >= 0.6 is 11.6 Å². The highest BCUT2D eigenvalue weighted by molar-refractivity contribution is 6.33. The van der Waals surface area contributed by atoms with Gasteiger partial charge in [0.15, 0.2) is 23.2 Å². The molecule has 1 aliphatic rings. The molecule has 3 heterocycles. The fourth-order valence-electron chi connectivity index (χ4n) is 4.07. The first kappa shape index (κ1) is 26.9. The molecule has 2 atom stereocenters. The van der Waals surface area contributed by atoms with E-state index in [0.717, 1.165) is 30.1 Å². The van der Waals surface area contributed by atoms with Gasteiger partial charge < -0.3 is 20.1 Å². The Morgan fingerprint density at radius 3 is 2.65 bits per heavy atom. The number of nitrogens with zero attached hydrogens (tertiary/aromatic N) is 3. The van der Waals surface area contributed by atoms with Crippen molar-refractivity contribution in [1.29, 1.82) is 0 Å². The Morgan fingerprint density at radius 2 is 1.90 bits per heavy atom. The van der Waals surface area contributed by atoms with Gasteiger partial charge in [-0.2, -0.15) is 0 Å². The van der Waals surface area contributed by atoms with Crippen molar-refractivity contribution in [2.75, 3.05) is 12.4 Å². The first-order valence-corrected chi connectivity index (χ1v) is 12.1. The molecular formula is C27H19ClF3N5O4. The van der Waals surface area contributed by atoms with Crippen molar-refractivity contribution in [3.8, 4) is 22.8 Å². The largest absolute Gasteiger partial charge is 0.497 e. The van der Waals surface area contributed by atoms with Gasteiger partial charge >= 0.3 is 0 Å². The Kier molecular flexibility index (Phi) is 7.52. The number of carbonyl (C=O) groups is 2. The van der Waals surface area contributed by atoms with E-state index in [1.165, 1.54) is 19.2 Å². The molecule has 204 valence electrons. The molecule has 0 bridgehead atoms. The van der Waals surface area contributed by atoms with Crippen LogP contribution in [0.5, 0.6) is 11.5 Å². The second kappa shape index (κ2) is 11.2. The summed E-state index contributed by atoms with van der Waals surface area (Å²) in [5.74, 6) is -4.58. The van der Waals surface area contributed by atoms with E-state index in [-0.39, 0.29) is 34.3 Å². The normalized spacial score (nSPS) is 16.3. The standard InChI is InChI=1S/C27H19ClF3N5O4/c1-39-15-7-5-13(6-8-15)9-19-23(26(37)36-24-20(40-19)10-14(29)11-32-24)35-27(38)25-33-12-17(28)22(34-25)16-3-2-4-18(30)21(16)31/h2-8,10-12,19,23H,9H2,1H3,(H,35,38)(H,32,36,37)/t19-,23?/m0/s1. The molecule has 0 spiro atoms. The number of carbonyl (C=O) groups excluding carboxylic acids is 2. The van der Waals surface area contributed by atoms with E-state index in [1.54, 1.807) is 24.3 Å². The number of nitrogens with one attached hydrogen (secondary N) is 2. The molecule has 2 aromatic heterocycles. The summed E-state index contributed by atoms with van der Waals surface area (Å²) in [7, 11) is 1.52. The highest BCUT2D eigenvalue weighted by Gasteiger charge is 2.37. The number of anilines is 1. The average Bonchev–Trinajstić information content (AvgIpc) is 3.06. The van der Waals surface area contributed by atoms with Crippen molar-refractivity contribution in [3.63, 3.8) is 0 Å². The quantitative estimate of drug-likeness (QED) is 0.354. The minimum absolute atomic E-state index is 0.0322. The average molecular weight is 570 g/mol. The number of hydrogen-bond acceptors (Lipinski definition) is 7. The molecule has 1 aliphatic heterocycles. The van der Waals surface area contributed by atoms with Gasteiger partial charge in [-0.1, -0.05) is 29.8 Å². The summed E-state index contributed by atoms with van der Waals surface area (Å²) in [4.78, 5) is 38.3. The SMILES string of the molecule is COc1ccc(C[C@@H]2Oc3cc(F)cnc3NC(=O)C2NC(=O)c2ncc(Cl)c(-c3cccc(F)c3F)n2)cc1. The minimum Gasteiger partial charge on any atom is -0.497 e. The van der Waals surface area contributed by atoms with E-state index < -0.39 is 47.2 Å². The maximum Gasteiger partial charge on any atom is 0.289 e. The van der Waals surface area contributed by atoms with E-state index in [2.05, 4.69) is 25.6 Å². The Bertz CT molecular complexity index is 1610. The molecule has 1 unspecified atom stereocenters. The second-order valence-electron chi connectivity index (χ2n) is 8.64. The van der Waals surface area contributed by atoms with Gasteiger partial charge in [-0.3, -0.25) is 9.59 Å². The number of hydrogen-bond donors (Lipinski definition) is 2. The molecule has 0 saturated heterocycles. The molecular weight excluding hydrogens is 551 g/mol. The highest BCUT2D eigenvalue weighted by atomic mass is 35.5. The lowest BCUT2D eigenvalue weighted by molar-refractivity contribution is -0.119. The van der Waals surface area contributed by atoms with Gasteiger partial charge in [0.25, 0.3) is 11.8 Å². The lowest BCUT2D eigenvalue weighted by atomic mass is 10.0. The number of pyridine rings is 1. The van der Waals surface area contributed by atoms with Gasteiger partial charge in [-0.25, -0.2) is 28.1 Å². The van der Waals surface area contributed by atoms with Crippen molar-refractivity contribution in [3.05, 3.63) is 94.8 Å². The van der Waals surface area contributed by atoms with Gasteiger partial charge in [-0.15, -0.1) is 0 Å². The third-order valence-corrected chi connectivity index (χ3v) is 6.31. The van der Waals surface area contributed by atoms with Gasteiger partial charge in [0.05, 0.1) is 30.2 Å². The van der Waals surface area contributed by atoms with Gasteiger partial charge in [-0.05, 0) is 29.8 Å². The smallest absolute Gasteiger partial charge is 0.289 e. The van der Waals surface area contributed by atoms with Crippen LogP contribution in [0.4, 0.5) is 19.0 Å². The molecule has 40 heavy (non-hydrogen) atoms. The maximum absolute atomic E-state index is 14.4. The second-order valence-corrected chi connectivity index (χ2v) is 9.05. The Labute approximate surface area is 230 Å². The fraction of sp³-hybridized carbons (Fsp3) is 0.148. The van der Waals surface area contributed by atoms with Gasteiger partial charge in [0.1, 0.15) is 23.7 Å². The van der Waals surface area contributed by atoms with Gasteiger partial charge in [0.2, 0.25) is 5.82 Å². The molecule has 2 aromatic carbocycles. The van der Waals surface area contributed by atoms with Crippen molar-refractivity contribution in [2.45, 2.75) is 18.6 Å². The van der Waals surface area contributed by atoms with E-state index in [4.69, 9.17) is 21.1 Å². The number of fused-ring (bicyclic) bond motifs is 1. The molecule has 0 fully saturated rings. The summed E-state index contributed by atoms with van der Waals surface area (Å²) in [5.41, 5.74) is 0.220. The summed E-state index contributed by atoms with van der Waals surface area (Å²) < 4.78 is 53.3.